The molecule has 0 radical (unpaired) electrons. The van der Waals surface area contributed by atoms with Gasteiger partial charge in [-0.05, 0) is 75.1 Å². The Kier molecular flexibility index (Phi) is 15.1. The number of hydrogen-bond acceptors (Lipinski definition) is 8. The summed E-state index contributed by atoms with van der Waals surface area (Å²) in [6.07, 6.45) is 1.46. The largest absolute Gasteiger partial charge is 0.496 e. The summed E-state index contributed by atoms with van der Waals surface area (Å²) in [6.45, 7) is 10.7. The second-order valence-electron chi connectivity index (χ2n) is 13.2. The molecule has 2 atom stereocenters. The van der Waals surface area contributed by atoms with Crippen LogP contribution in [0.2, 0.25) is 5.02 Å². The summed E-state index contributed by atoms with van der Waals surface area (Å²) in [5.41, 5.74) is 2.48. The first-order valence-corrected chi connectivity index (χ1v) is 17.6. The minimum absolute atomic E-state index is 0.0606. The van der Waals surface area contributed by atoms with Gasteiger partial charge in [-0.2, -0.15) is 0 Å². The first-order chi connectivity index (χ1) is 24.0. The molecule has 0 aromatic heterocycles. The van der Waals surface area contributed by atoms with E-state index in [4.69, 9.17) is 40.0 Å². The first-order valence-electron chi connectivity index (χ1n) is 17.2. The van der Waals surface area contributed by atoms with E-state index in [1.807, 2.05) is 69.3 Å². The van der Waals surface area contributed by atoms with Crippen LogP contribution in [0.4, 0.5) is 4.79 Å². The minimum Gasteiger partial charge on any atom is -0.496 e. The third kappa shape index (κ3) is 12.7. The van der Waals surface area contributed by atoms with E-state index in [9.17, 15) is 9.59 Å². The van der Waals surface area contributed by atoms with E-state index in [0.29, 0.717) is 69.9 Å². The van der Waals surface area contributed by atoms with Crippen LogP contribution in [0.5, 0.6) is 17.2 Å². The lowest BCUT2D eigenvalue weighted by Crippen LogP contribution is -2.48. The van der Waals surface area contributed by atoms with Gasteiger partial charge in [-0.1, -0.05) is 48.0 Å². The SMILES string of the molecule is COc1ccccc1COCCCOc1ccc(C2CCN(C(=O)OC(C)(C)C)CC2OCCOc2cc(Cl)ccc2CCNC(C)=O)cc1. The van der Waals surface area contributed by atoms with Crippen LogP contribution >= 0.6 is 11.6 Å². The molecular weight excluding hydrogens is 660 g/mol. The van der Waals surface area contributed by atoms with E-state index < -0.39 is 5.60 Å². The number of carbonyl (C=O) groups excluding carboxylic acids is 2. The van der Waals surface area contributed by atoms with Gasteiger partial charge in [0.15, 0.2) is 0 Å². The molecule has 3 aromatic carbocycles. The molecule has 1 N–H and O–H groups in total. The topological polar surface area (TPSA) is 105 Å². The summed E-state index contributed by atoms with van der Waals surface area (Å²) in [6, 6.07) is 21.4. The van der Waals surface area contributed by atoms with Crippen molar-refractivity contribution >= 4 is 23.6 Å². The van der Waals surface area contributed by atoms with Gasteiger partial charge >= 0.3 is 6.09 Å². The molecule has 0 aliphatic carbocycles. The van der Waals surface area contributed by atoms with Gasteiger partial charge in [-0.25, -0.2) is 4.79 Å². The van der Waals surface area contributed by atoms with Crippen LogP contribution in [0.1, 0.15) is 63.1 Å². The molecule has 0 spiro atoms. The molecule has 3 aromatic rings. The molecule has 0 bridgehead atoms. The van der Waals surface area contributed by atoms with E-state index in [-0.39, 0.29) is 24.0 Å². The molecule has 2 amide bonds. The Bertz CT molecular complexity index is 1510. The average molecular weight is 711 g/mol. The van der Waals surface area contributed by atoms with Gasteiger partial charge < -0.3 is 38.6 Å². The summed E-state index contributed by atoms with van der Waals surface area (Å²) in [4.78, 5) is 26.0. The molecule has 1 saturated heterocycles. The molecular formula is C39H51ClN2O8. The number of halogens is 1. The summed E-state index contributed by atoms with van der Waals surface area (Å²) in [7, 11) is 1.66. The van der Waals surface area contributed by atoms with Crippen molar-refractivity contribution in [3.63, 3.8) is 0 Å². The van der Waals surface area contributed by atoms with Crippen LogP contribution in [0.25, 0.3) is 0 Å². The van der Waals surface area contributed by atoms with Gasteiger partial charge in [-0.3, -0.25) is 4.79 Å². The van der Waals surface area contributed by atoms with Crippen molar-refractivity contribution in [3.8, 4) is 17.2 Å². The summed E-state index contributed by atoms with van der Waals surface area (Å²) >= 11 is 6.26. The van der Waals surface area contributed by atoms with E-state index in [1.165, 1.54) is 6.92 Å². The van der Waals surface area contributed by atoms with E-state index in [1.54, 1.807) is 18.1 Å². The number of para-hydroxylation sites is 1. The lowest BCUT2D eigenvalue weighted by atomic mass is 9.87. The summed E-state index contributed by atoms with van der Waals surface area (Å²) < 4.78 is 35.4. The Hall–Kier alpha value is -3.99. The normalized spacial score (nSPS) is 16.1. The molecule has 10 nitrogen and oxygen atoms in total. The van der Waals surface area contributed by atoms with E-state index >= 15 is 0 Å². The van der Waals surface area contributed by atoms with Crippen LogP contribution < -0.4 is 19.5 Å². The maximum atomic E-state index is 13.0. The van der Waals surface area contributed by atoms with Gasteiger partial charge in [0.05, 0.1) is 46.2 Å². The fourth-order valence-corrected chi connectivity index (χ4v) is 5.88. The predicted molar refractivity (Wildman–Crippen MR) is 193 cm³/mol. The standard InChI is InChI=1S/C39H51ClN2O8/c1-28(43)41-19-17-30-11-14-32(40)25-36(30)48-23-24-49-37-26-42(38(44)50-39(2,3)4)20-18-34(37)29-12-15-33(16-13-29)47-22-8-21-46-27-31-9-6-7-10-35(31)45-5/h6-7,9-16,25,34,37H,8,17-24,26-27H2,1-5H3,(H,41,43). The summed E-state index contributed by atoms with van der Waals surface area (Å²) in [5.74, 6) is 2.24. The number of amides is 2. The molecule has 1 heterocycles. The Labute approximate surface area is 301 Å². The highest BCUT2D eigenvalue weighted by atomic mass is 35.5. The monoisotopic (exact) mass is 710 g/mol. The number of carbonyl (C=O) groups is 2. The number of nitrogens with zero attached hydrogens (tertiary/aromatic N) is 1. The number of piperidine rings is 1. The number of hydrogen-bond donors (Lipinski definition) is 1. The van der Waals surface area contributed by atoms with Gasteiger partial charge in [0, 0.05) is 42.9 Å². The zero-order valence-electron chi connectivity index (χ0n) is 29.9. The molecule has 0 saturated carbocycles. The van der Waals surface area contributed by atoms with Crippen LogP contribution in [0, 0.1) is 0 Å². The minimum atomic E-state index is -0.593. The average Bonchev–Trinajstić information content (AvgIpc) is 3.08. The second-order valence-corrected chi connectivity index (χ2v) is 13.6. The molecule has 1 aliphatic rings. The Morgan fingerprint density at radius 3 is 2.44 bits per heavy atom. The number of likely N-dealkylation sites (tertiary alicyclic amines) is 1. The molecule has 1 aliphatic heterocycles. The van der Waals surface area contributed by atoms with Crippen LogP contribution in [-0.4, -0.2) is 81.8 Å². The number of nitrogens with one attached hydrogen (secondary N) is 1. The lowest BCUT2D eigenvalue weighted by Gasteiger charge is -2.39. The number of methoxy groups -OCH3 is 1. The third-order valence-electron chi connectivity index (χ3n) is 8.14. The van der Waals surface area contributed by atoms with Gasteiger partial charge in [0.25, 0.3) is 0 Å². The van der Waals surface area contributed by atoms with Crippen molar-refractivity contribution in [2.24, 2.45) is 0 Å². The van der Waals surface area contributed by atoms with Crippen molar-refractivity contribution in [2.75, 3.05) is 53.2 Å². The van der Waals surface area contributed by atoms with Gasteiger partial charge in [0.2, 0.25) is 5.91 Å². The highest BCUT2D eigenvalue weighted by molar-refractivity contribution is 6.30. The molecule has 4 rings (SSSR count). The van der Waals surface area contributed by atoms with Crippen molar-refractivity contribution in [1.82, 2.24) is 10.2 Å². The predicted octanol–water partition coefficient (Wildman–Crippen LogP) is 7.20. The third-order valence-corrected chi connectivity index (χ3v) is 8.38. The fourth-order valence-electron chi connectivity index (χ4n) is 5.72. The summed E-state index contributed by atoms with van der Waals surface area (Å²) in [5, 5.41) is 3.38. The Morgan fingerprint density at radius 1 is 0.920 bits per heavy atom. The zero-order valence-corrected chi connectivity index (χ0v) is 30.6. The molecule has 50 heavy (non-hydrogen) atoms. The zero-order chi connectivity index (χ0) is 35.9. The Balaban J connectivity index is 1.31. The van der Waals surface area contributed by atoms with E-state index in [2.05, 4.69) is 17.4 Å². The fraction of sp³-hybridized carbons (Fsp3) is 0.487. The number of benzene rings is 3. The highest BCUT2D eigenvalue weighted by Crippen LogP contribution is 2.33. The highest BCUT2D eigenvalue weighted by Gasteiger charge is 2.35. The lowest BCUT2D eigenvalue weighted by molar-refractivity contribution is -0.118. The van der Waals surface area contributed by atoms with E-state index in [0.717, 1.165) is 41.0 Å². The molecule has 2 unspecified atom stereocenters. The molecule has 11 heteroatoms. The van der Waals surface area contributed by atoms with Gasteiger partial charge in [0.1, 0.15) is 29.5 Å². The van der Waals surface area contributed by atoms with Gasteiger partial charge in [-0.15, -0.1) is 0 Å². The van der Waals surface area contributed by atoms with Crippen LogP contribution in [-0.2, 0) is 32.0 Å². The quantitative estimate of drug-likeness (QED) is 0.147. The van der Waals surface area contributed by atoms with Crippen LogP contribution in [0.15, 0.2) is 66.7 Å². The van der Waals surface area contributed by atoms with Crippen molar-refractivity contribution < 1.29 is 38.0 Å². The van der Waals surface area contributed by atoms with Crippen LogP contribution in [0.3, 0.4) is 0 Å². The first kappa shape index (κ1) is 38.8. The maximum absolute atomic E-state index is 13.0. The second kappa shape index (κ2) is 19.4. The number of rotatable bonds is 17. The van der Waals surface area contributed by atoms with Crippen molar-refractivity contribution in [3.05, 3.63) is 88.4 Å². The van der Waals surface area contributed by atoms with Crippen molar-refractivity contribution in [2.45, 2.75) is 71.2 Å². The molecule has 272 valence electrons. The smallest absolute Gasteiger partial charge is 0.410 e. The molecule has 1 fully saturated rings. The maximum Gasteiger partial charge on any atom is 0.410 e. The van der Waals surface area contributed by atoms with Crippen molar-refractivity contribution in [1.29, 1.82) is 0 Å². The Morgan fingerprint density at radius 2 is 1.70 bits per heavy atom. The number of ether oxygens (including phenoxy) is 6.